The molecule has 0 saturated carbocycles. The van der Waals surface area contributed by atoms with Crippen molar-refractivity contribution in [3.63, 3.8) is 0 Å². The Bertz CT molecular complexity index is 347. The van der Waals surface area contributed by atoms with Gasteiger partial charge in [0.15, 0.2) is 0 Å². The first-order valence-corrected chi connectivity index (χ1v) is 3.79. The number of nitrogen functional groups attached to an aromatic ring is 1. The Morgan fingerprint density at radius 2 is 2.46 bits per heavy atom. The zero-order chi connectivity index (χ0) is 9.84. The lowest BCUT2D eigenvalue weighted by atomic mass is 10.3. The summed E-state index contributed by atoms with van der Waals surface area (Å²) >= 11 is 0. The van der Waals surface area contributed by atoms with Crippen LogP contribution in [0.4, 0.5) is 11.4 Å². The summed E-state index contributed by atoms with van der Waals surface area (Å²) < 4.78 is 0. The fourth-order valence-electron chi connectivity index (χ4n) is 0.860. The van der Waals surface area contributed by atoms with E-state index in [0.29, 0.717) is 11.4 Å². The van der Waals surface area contributed by atoms with E-state index in [4.69, 9.17) is 5.73 Å². The van der Waals surface area contributed by atoms with Gasteiger partial charge in [-0.25, -0.2) is 0 Å². The number of aryl methyl sites for hydroxylation is 1. The molecule has 13 heavy (non-hydrogen) atoms. The Kier molecular flexibility index (Phi) is 2.64. The van der Waals surface area contributed by atoms with Crippen molar-refractivity contribution in [3.05, 3.63) is 30.6 Å². The van der Waals surface area contributed by atoms with Gasteiger partial charge in [-0.15, -0.1) is 0 Å². The van der Waals surface area contributed by atoms with Gasteiger partial charge in [0.2, 0.25) is 5.91 Å². The van der Waals surface area contributed by atoms with E-state index in [1.54, 1.807) is 19.2 Å². The van der Waals surface area contributed by atoms with Crippen molar-refractivity contribution < 1.29 is 4.79 Å². The second kappa shape index (κ2) is 3.71. The van der Waals surface area contributed by atoms with E-state index < -0.39 is 0 Å². The van der Waals surface area contributed by atoms with Crippen molar-refractivity contribution >= 4 is 17.3 Å². The molecule has 4 nitrogen and oxygen atoms in total. The molecule has 0 saturated heterocycles. The minimum atomic E-state index is -0.268. The van der Waals surface area contributed by atoms with Gasteiger partial charge in [0.1, 0.15) is 0 Å². The van der Waals surface area contributed by atoms with E-state index in [1.807, 2.05) is 0 Å². The number of amides is 1. The Morgan fingerprint density at radius 3 is 3.08 bits per heavy atom. The summed E-state index contributed by atoms with van der Waals surface area (Å²) in [5.41, 5.74) is 7.37. The number of carbonyl (C=O) groups is 1. The summed E-state index contributed by atoms with van der Waals surface area (Å²) in [7, 11) is 0. The second-order valence-electron chi connectivity index (χ2n) is 2.59. The summed E-state index contributed by atoms with van der Waals surface area (Å²) in [6.07, 6.45) is 2.74. The maximum absolute atomic E-state index is 10.9. The Morgan fingerprint density at radius 1 is 1.77 bits per heavy atom. The molecule has 0 bridgehead atoms. The summed E-state index contributed by atoms with van der Waals surface area (Å²) in [6.45, 7) is 5.13. The zero-order valence-electron chi connectivity index (χ0n) is 7.37. The highest BCUT2D eigenvalue weighted by Crippen LogP contribution is 2.14. The number of hydrogen-bond donors (Lipinski definition) is 2. The average molecular weight is 177 g/mol. The van der Waals surface area contributed by atoms with E-state index in [9.17, 15) is 4.79 Å². The van der Waals surface area contributed by atoms with Gasteiger partial charge in [-0.05, 0) is 19.1 Å². The number of nitrogens with zero attached hydrogens (tertiary/aromatic N) is 1. The number of nitrogens with two attached hydrogens (primary N) is 1. The molecule has 68 valence electrons. The van der Waals surface area contributed by atoms with Crippen molar-refractivity contribution in [1.29, 1.82) is 0 Å². The van der Waals surface area contributed by atoms with Gasteiger partial charge in [-0.3, -0.25) is 9.78 Å². The number of aromatic nitrogens is 1. The number of carbonyl (C=O) groups excluding carboxylic acids is 1. The number of nitrogens with one attached hydrogen (secondary N) is 1. The number of pyridine rings is 1. The molecule has 0 spiro atoms. The molecule has 1 aromatic heterocycles. The fraction of sp³-hybridized carbons (Fsp3) is 0.111. The molecule has 0 aromatic carbocycles. The third-order valence-corrected chi connectivity index (χ3v) is 1.55. The maximum Gasteiger partial charge on any atom is 0.247 e. The zero-order valence-corrected chi connectivity index (χ0v) is 7.37. The fourth-order valence-corrected chi connectivity index (χ4v) is 0.860. The monoisotopic (exact) mass is 177 g/mol. The highest BCUT2D eigenvalue weighted by Gasteiger charge is 2.01. The maximum atomic E-state index is 10.9. The molecule has 1 rings (SSSR count). The van der Waals surface area contributed by atoms with Crippen LogP contribution in [0.5, 0.6) is 0 Å². The molecule has 4 heteroatoms. The van der Waals surface area contributed by atoms with Crippen LogP contribution in [-0.2, 0) is 4.79 Å². The highest BCUT2D eigenvalue weighted by atomic mass is 16.1. The topological polar surface area (TPSA) is 68.0 Å². The smallest absolute Gasteiger partial charge is 0.247 e. The average Bonchev–Trinajstić information content (AvgIpc) is 2.11. The van der Waals surface area contributed by atoms with Crippen LogP contribution in [-0.4, -0.2) is 10.9 Å². The molecule has 3 N–H and O–H groups in total. The standard InChI is InChI=1S/C9H11N3O/c1-3-9(13)12-8-4-7(10)5-11-6(8)2/h3-5H,1,10H2,2H3,(H,12,13). The summed E-state index contributed by atoms with van der Waals surface area (Å²) in [5.74, 6) is -0.268. The van der Waals surface area contributed by atoms with Crippen molar-refractivity contribution in [3.8, 4) is 0 Å². The van der Waals surface area contributed by atoms with Gasteiger partial charge in [-0.1, -0.05) is 6.58 Å². The second-order valence-corrected chi connectivity index (χ2v) is 2.59. The molecular weight excluding hydrogens is 166 g/mol. The minimum absolute atomic E-state index is 0.268. The van der Waals surface area contributed by atoms with Crippen LogP contribution in [0.25, 0.3) is 0 Å². The van der Waals surface area contributed by atoms with Crippen LogP contribution in [0.2, 0.25) is 0 Å². The van der Waals surface area contributed by atoms with E-state index >= 15 is 0 Å². The van der Waals surface area contributed by atoms with Crippen LogP contribution in [0.3, 0.4) is 0 Å². The predicted octanol–water partition coefficient (Wildman–Crippen LogP) is 1.10. The van der Waals surface area contributed by atoms with Crippen LogP contribution in [0, 0.1) is 6.92 Å². The summed E-state index contributed by atoms with van der Waals surface area (Å²) in [6, 6.07) is 1.66. The number of hydrogen-bond acceptors (Lipinski definition) is 3. The molecular formula is C9H11N3O. The molecule has 0 fully saturated rings. The van der Waals surface area contributed by atoms with E-state index in [-0.39, 0.29) is 5.91 Å². The lowest BCUT2D eigenvalue weighted by molar-refractivity contribution is -0.111. The lowest BCUT2D eigenvalue weighted by Crippen LogP contribution is -2.09. The first kappa shape index (κ1) is 9.25. The predicted molar refractivity (Wildman–Crippen MR) is 52.2 cm³/mol. The Labute approximate surface area is 76.5 Å². The quantitative estimate of drug-likeness (QED) is 0.664. The van der Waals surface area contributed by atoms with Crippen molar-refractivity contribution in [2.24, 2.45) is 0 Å². The molecule has 1 amide bonds. The van der Waals surface area contributed by atoms with Gasteiger partial charge in [0.25, 0.3) is 0 Å². The van der Waals surface area contributed by atoms with Gasteiger partial charge >= 0.3 is 0 Å². The summed E-state index contributed by atoms with van der Waals surface area (Å²) in [5, 5.41) is 2.60. The Balaban J connectivity index is 2.93. The van der Waals surface area contributed by atoms with Crippen molar-refractivity contribution in [1.82, 2.24) is 4.98 Å². The van der Waals surface area contributed by atoms with Crippen LogP contribution >= 0.6 is 0 Å². The van der Waals surface area contributed by atoms with Crippen LogP contribution < -0.4 is 11.1 Å². The molecule has 0 aliphatic carbocycles. The number of anilines is 2. The molecule has 0 unspecified atom stereocenters. The molecule has 0 aliphatic heterocycles. The first-order chi connectivity index (χ1) is 6.13. The molecule has 0 aliphatic rings. The van der Waals surface area contributed by atoms with Gasteiger partial charge < -0.3 is 11.1 Å². The molecule has 1 aromatic rings. The van der Waals surface area contributed by atoms with E-state index in [0.717, 1.165) is 5.69 Å². The van der Waals surface area contributed by atoms with Gasteiger partial charge in [-0.2, -0.15) is 0 Å². The van der Waals surface area contributed by atoms with Gasteiger partial charge in [0, 0.05) is 0 Å². The van der Waals surface area contributed by atoms with Crippen LogP contribution in [0.1, 0.15) is 5.69 Å². The van der Waals surface area contributed by atoms with Gasteiger partial charge in [0.05, 0.1) is 23.3 Å². The Hall–Kier alpha value is -1.84. The molecule has 0 atom stereocenters. The summed E-state index contributed by atoms with van der Waals surface area (Å²) in [4.78, 5) is 14.9. The molecule has 1 heterocycles. The largest absolute Gasteiger partial charge is 0.397 e. The first-order valence-electron chi connectivity index (χ1n) is 3.79. The van der Waals surface area contributed by atoms with E-state index in [1.165, 1.54) is 6.08 Å². The molecule has 0 radical (unpaired) electrons. The normalized spacial score (nSPS) is 9.31. The highest BCUT2D eigenvalue weighted by molar-refractivity contribution is 5.99. The van der Waals surface area contributed by atoms with Crippen molar-refractivity contribution in [2.75, 3.05) is 11.1 Å². The van der Waals surface area contributed by atoms with Crippen molar-refractivity contribution in [2.45, 2.75) is 6.92 Å². The third kappa shape index (κ3) is 2.30. The third-order valence-electron chi connectivity index (χ3n) is 1.55. The van der Waals surface area contributed by atoms with Crippen LogP contribution in [0.15, 0.2) is 24.9 Å². The van der Waals surface area contributed by atoms with E-state index in [2.05, 4.69) is 16.9 Å². The SMILES string of the molecule is C=CC(=O)Nc1cc(N)cnc1C. The lowest BCUT2D eigenvalue weighted by Gasteiger charge is -2.05. The minimum Gasteiger partial charge on any atom is -0.397 e. The number of rotatable bonds is 2.